The van der Waals surface area contributed by atoms with E-state index in [-0.39, 0.29) is 30.3 Å². The molecule has 1 fully saturated rings. The van der Waals surface area contributed by atoms with Gasteiger partial charge in [-0.25, -0.2) is 0 Å². The van der Waals surface area contributed by atoms with Gasteiger partial charge in [0.1, 0.15) is 5.75 Å². The smallest absolute Gasteiger partial charge is 0.242 e. The van der Waals surface area contributed by atoms with Crippen LogP contribution in [0.5, 0.6) is 5.75 Å². The summed E-state index contributed by atoms with van der Waals surface area (Å²) in [6, 6.07) is 16.0. The van der Waals surface area contributed by atoms with Crippen LogP contribution in [0.2, 0.25) is 0 Å². The first kappa shape index (κ1) is 25.8. The fourth-order valence-corrected chi connectivity index (χ4v) is 5.27. The Morgan fingerprint density at radius 1 is 1.00 bits per heavy atom. The Kier molecular flexibility index (Phi) is 8.68. The summed E-state index contributed by atoms with van der Waals surface area (Å²) in [7, 11) is 1.65. The molecule has 0 unspecified atom stereocenters. The van der Waals surface area contributed by atoms with Gasteiger partial charge in [0.2, 0.25) is 11.8 Å². The number of ether oxygens (including phenoxy) is 1. The lowest BCUT2D eigenvalue weighted by Crippen LogP contribution is -2.48. The molecule has 0 saturated heterocycles. The molecule has 4 rings (SSSR count). The minimum Gasteiger partial charge on any atom is -0.496 e. The first-order chi connectivity index (χ1) is 17.5. The molecular formula is C30H39N3O3. The van der Waals surface area contributed by atoms with E-state index in [2.05, 4.69) is 17.1 Å². The third-order valence-corrected chi connectivity index (χ3v) is 7.40. The molecule has 192 valence electrons. The van der Waals surface area contributed by atoms with Crippen molar-refractivity contribution in [1.82, 2.24) is 14.8 Å². The number of H-pyrrole nitrogens is 1. The van der Waals surface area contributed by atoms with E-state index in [1.807, 2.05) is 61.3 Å². The molecule has 0 spiro atoms. The van der Waals surface area contributed by atoms with Crippen molar-refractivity contribution >= 4 is 22.7 Å². The van der Waals surface area contributed by atoms with Crippen LogP contribution in [0.25, 0.3) is 10.9 Å². The molecule has 0 bridgehead atoms. The van der Waals surface area contributed by atoms with Gasteiger partial charge in [0, 0.05) is 47.7 Å². The zero-order chi connectivity index (χ0) is 25.5. The standard InChI is InChI=1S/C30H39N3O3/c1-22(2)33(30(35)23-11-5-4-6-12-23)21-29(34)32(20-25-13-7-10-16-28(25)36-3)18-17-24-19-31-27-15-9-8-14-26(24)27/h7-10,13-16,19,22-23,31H,4-6,11-12,17-18,20-21H2,1-3H3. The van der Waals surface area contributed by atoms with Crippen molar-refractivity contribution in [3.63, 3.8) is 0 Å². The Morgan fingerprint density at radius 2 is 1.72 bits per heavy atom. The van der Waals surface area contributed by atoms with Crippen LogP contribution in [0.1, 0.15) is 57.1 Å². The van der Waals surface area contributed by atoms with Gasteiger partial charge < -0.3 is 19.5 Å². The number of nitrogens with one attached hydrogen (secondary N) is 1. The first-order valence-corrected chi connectivity index (χ1v) is 13.2. The van der Waals surface area contributed by atoms with E-state index < -0.39 is 0 Å². The molecule has 2 aromatic carbocycles. The molecule has 6 nitrogen and oxygen atoms in total. The fourth-order valence-electron chi connectivity index (χ4n) is 5.27. The van der Waals surface area contributed by atoms with Gasteiger partial charge in [-0.3, -0.25) is 9.59 Å². The van der Waals surface area contributed by atoms with Crippen molar-refractivity contribution in [2.24, 2.45) is 5.92 Å². The zero-order valence-electron chi connectivity index (χ0n) is 21.8. The number of hydrogen-bond donors (Lipinski definition) is 1. The van der Waals surface area contributed by atoms with E-state index in [1.165, 1.54) is 17.4 Å². The molecule has 6 heteroatoms. The average molecular weight is 490 g/mol. The molecule has 1 N–H and O–H groups in total. The lowest BCUT2D eigenvalue weighted by molar-refractivity contribution is -0.145. The number of nitrogens with zero attached hydrogens (tertiary/aromatic N) is 2. The monoisotopic (exact) mass is 489 g/mol. The summed E-state index contributed by atoms with van der Waals surface area (Å²) in [4.78, 5) is 34.1. The molecule has 0 atom stereocenters. The summed E-state index contributed by atoms with van der Waals surface area (Å²) in [5, 5.41) is 1.18. The number of carbonyl (C=O) groups is 2. The zero-order valence-corrected chi connectivity index (χ0v) is 21.8. The SMILES string of the molecule is COc1ccccc1CN(CCc1c[nH]c2ccccc12)C(=O)CN(C(=O)C1CCCCC1)C(C)C. The predicted molar refractivity (Wildman–Crippen MR) is 144 cm³/mol. The van der Waals surface area contributed by atoms with E-state index in [1.54, 1.807) is 12.0 Å². The van der Waals surface area contributed by atoms with Gasteiger partial charge in [0.05, 0.1) is 13.7 Å². The highest BCUT2D eigenvalue weighted by Crippen LogP contribution is 2.27. The maximum Gasteiger partial charge on any atom is 0.242 e. The van der Waals surface area contributed by atoms with Gasteiger partial charge in [-0.2, -0.15) is 0 Å². The number of para-hydroxylation sites is 2. The molecule has 1 heterocycles. The number of benzene rings is 2. The topological polar surface area (TPSA) is 65.6 Å². The first-order valence-electron chi connectivity index (χ1n) is 13.2. The van der Waals surface area contributed by atoms with Crippen molar-refractivity contribution < 1.29 is 14.3 Å². The van der Waals surface area contributed by atoms with Crippen LogP contribution in [0, 0.1) is 5.92 Å². The van der Waals surface area contributed by atoms with Crippen molar-refractivity contribution in [2.75, 3.05) is 20.2 Å². The summed E-state index contributed by atoms with van der Waals surface area (Å²) in [5.74, 6) is 0.912. The van der Waals surface area contributed by atoms with Crippen molar-refractivity contribution in [2.45, 2.75) is 65.0 Å². The van der Waals surface area contributed by atoms with E-state index in [9.17, 15) is 9.59 Å². The Bertz CT molecular complexity index is 1160. The molecule has 0 aliphatic heterocycles. The highest BCUT2D eigenvalue weighted by Gasteiger charge is 2.30. The van der Waals surface area contributed by atoms with Crippen LogP contribution < -0.4 is 4.74 Å². The lowest BCUT2D eigenvalue weighted by atomic mass is 9.88. The Labute approximate surface area is 214 Å². The molecule has 36 heavy (non-hydrogen) atoms. The van der Waals surface area contributed by atoms with Gasteiger partial charge in [-0.05, 0) is 50.8 Å². The van der Waals surface area contributed by atoms with Crippen LogP contribution in [-0.2, 0) is 22.6 Å². The van der Waals surface area contributed by atoms with E-state index in [0.29, 0.717) is 13.1 Å². The summed E-state index contributed by atoms with van der Waals surface area (Å²) < 4.78 is 5.56. The lowest BCUT2D eigenvalue weighted by Gasteiger charge is -2.34. The highest BCUT2D eigenvalue weighted by atomic mass is 16.5. The van der Waals surface area contributed by atoms with Crippen LogP contribution in [0.3, 0.4) is 0 Å². The molecule has 1 aromatic heterocycles. The molecular weight excluding hydrogens is 450 g/mol. The number of carbonyl (C=O) groups excluding carboxylic acids is 2. The quantitative estimate of drug-likeness (QED) is 0.405. The highest BCUT2D eigenvalue weighted by molar-refractivity contribution is 5.86. The number of aromatic amines is 1. The molecule has 0 radical (unpaired) electrons. The molecule has 1 aliphatic rings. The number of hydrogen-bond acceptors (Lipinski definition) is 3. The third-order valence-electron chi connectivity index (χ3n) is 7.40. The second-order valence-electron chi connectivity index (χ2n) is 10.1. The van der Waals surface area contributed by atoms with Gasteiger partial charge in [0.25, 0.3) is 0 Å². The Morgan fingerprint density at radius 3 is 2.47 bits per heavy atom. The van der Waals surface area contributed by atoms with Crippen LogP contribution in [0.4, 0.5) is 0 Å². The second kappa shape index (κ2) is 12.1. The average Bonchev–Trinajstić information content (AvgIpc) is 3.32. The molecule has 3 aromatic rings. The van der Waals surface area contributed by atoms with E-state index in [4.69, 9.17) is 4.74 Å². The summed E-state index contributed by atoms with van der Waals surface area (Å²) >= 11 is 0. The summed E-state index contributed by atoms with van der Waals surface area (Å²) in [5.41, 5.74) is 3.24. The normalized spacial score (nSPS) is 14.2. The van der Waals surface area contributed by atoms with Gasteiger partial charge >= 0.3 is 0 Å². The summed E-state index contributed by atoms with van der Waals surface area (Å²) in [6.45, 7) is 5.11. The minimum absolute atomic E-state index is 0.0231. The van der Waals surface area contributed by atoms with E-state index >= 15 is 0 Å². The Balaban J connectivity index is 1.53. The number of aromatic nitrogens is 1. The van der Waals surface area contributed by atoms with Gasteiger partial charge in [0.15, 0.2) is 0 Å². The molecule has 2 amide bonds. The second-order valence-corrected chi connectivity index (χ2v) is 10.1. The van der Waals surface area contributed by atoms with Crippen LogP contribution in [0.15, 0.2) is 54.7 Å². The maximum absolute atomic E-state index is 13.8. The van der Waals surface area contributed by atoms with E-state index in [0.717, 1.165) is 48.9 Å². The minimum atomic E-state index is -0.0291. The predicted octanol–water partition coefficient (Wildman–Crippen LogP) is 5.57. The van der Waals surface area contributed by atoms with Crippen molar-refractivity contribution in [1.29, 1.82) is 0 Å². The van der Waals surface area contributed by atoms with Gasteiger partial charge in [-0.1, -0.05) is 55.7 Å². The maximum atomic E-state index is 13.8. The van der Waals surface area contributed by atoms with Crippen LogP contribution in [-0.4, -0.2) is 52.8 Å². The third kappa shape index (κ3) is 6.10. The number of rotatable bonds is 10. The fraction of sp³-hybridized carbons (Fsp3) is 0.467. The largest absolute Gasteiger partial charge is 0.496 e. The van der Waals surface area contributed by atoms with Crippen molar-refractivity contribution in [3.05, 3.63) is 65.9 Å². The molecule has 1 saturated carbocycles. The number of methoxy groups -OCH3 is 1. The van der Waals surface area contributed by atoms with Gasteiger partial charge in [-0.15, -0.1) is 0 Å². The number of fused-ring (bicyclic) bond motifs is 1. The summed E-state index contributed by atoms with van der Waals surface area (Å²) in [6.07, 6.45) is 8.02. The van der Waals surface area contributed by atoms with Crippen LogP contribution >= 0.6 is 0 Å². The van der Waals surface area contributed by atoms with Crippen molar-refractivity contribution in [3.8, 4) is 5.75 Å². The number of amides is 2. The molecule has 1 aliphatic carbocycles. The Hall–Kier alpha value is -3.28.